The summed E-state index contributed by atoms with van der Waals surface area (Å²) in [6.07, 6.45) is -6.89. The smallest absolute Gasteiger partial charge is 0.262 e. The second-order valence-corrected chi connectivity index (χ2v) is 8.03. The van der Waals surface area contributed by atoms with Gasteiger partial charge in [0.25, 0.3) is 5.79 Å². The molecular formula is C26H22O8. The number of hydrogen-bond donors (Lipinski definition) is 4. The molecule has 4 rings (SSSR count). The number of carbonyl (C=O) groups is 3. The molecule has 1 aliphatic rings. The zero-order valence-corrected chi connectivity index (χ0v) is 17.8. The molecule has 3 aromatic rings. The van der Waals surface area contributed by atoms with Gasteiger partial charge < -0.3 is 25.2 Å². The SMILES string of the molecule is O=C(c1ccccc1)C(O)[C@@H]1OC(O)(C(=O)c2ccccc2)[C@@H](O)[C@]1(O)C(=O)c1ccccc1. The largest absolute Gasteiger partial charge is 0.383 e. The minimum Gasteiger partial charge on any atom is -0.383 e. The molecule has 0 bridgehead atoms. The molecule has 8 heteroatoms. The molecule has 8 nitrogen and oxygen atoms in total. The number of ketones is 3. The molecule has 0 saturated carbocycles. The van der Waals surface area contributed by atoms with Crippen LogP contribution >= 0.6 is 0 Å². The zero-order valence-electron chi connectivity index (χ0n) is 17.8. The number of benzene rings is 3. The monoisotopic (exact) mass is 462 g/mol. The van der Waals surface area contributed by atoms with Crippen LogP contribution in [0.15, 0.2) is 91.0 Å². The van der Waals surface area contributed by atoms with Crippen LogP contribution in [0.3, 0.4) is 0 Å². The Balaban J connectivity index is 1.80. The third-order valence-corrected chi connectivity index (χ3v) is 5.90. The Morgan fingerprint density at radius 1 is 0.706 bits per heavy atom. The van der Waals surface area contributed by atoms with Crippen LogP contribution in [0.4, 0.5) is 0 Å². The lowest BCUT2D eigenvalue weighted by atomic mass is 9.78. The molecule has 1 fully saturated rings. The van der Waals surface area contributed by atoms with Gasteiger partial charge in [0.05, 0.1) is 0 Å². The summed E-state index contributed by atoms with van der Waals surface area (Å²) >= 11 is 0. The summed E-state index contributed by atoms with van der Waals surface area (Å²) in [6, 6.07) is 22.1. The van der Waals surface area contributed by atoms with Gasteiger partial charge in [0, 0.05) is 16.7 Å². The van der Waals surface area contributed by atoms with Crippen molar-refractivity contribution in [2.75, 3.05) is 0 Å². The first kappa shape index (κ1) is 23.6. The molecule has 0 aromatic heterocycles. The first-order chi connectivity index (χ1) is 16.2. The van der Waals surface area contributed by atoms with Crippen LogP contribution < -0.4 is 0 Å². The summed E-state index contributed by atoms with van der Waals surface area (Å²) in [6.45, 7) is 0. The van der Waals surface area contributed by atoms with Gasteiger partial charge in [0.1, 0.15) is 12.2 Å². The van der Waals surface area contributed by atoms with Crippen LogP contribution in [0.1, 0.15) is 31.1 Å². The van der Waals surface area contributed by atoms with Crippen molar-refractivity contribution < 1.29 is 39.5 Å². The van der Waals surface area contributed by atoms with E-state index >= 15 is 0 Å². The molecule has 3 aromatic carbocycles. The summed E-state index contributed by atoms with van der Waals surface area (Å²) in [5.41, 5.74) is -3.17. The lowest BCUT2D eigenvalue weighted by Gasteiger charge is -2.31. The Morgan fingerprint density at radius 3 is 1.59 bits per heavy atom. The maximum absolute atomic E-state index is 13.4. The van der Waals surface area contributed by atoms with E-state index < -0.39 is 47.0 Å². The molecule has 0 aliphatic carbocycles. The Labute approximate surface area is 194 Å². The normalized spacial score (nSPS) is 27.2. The molecule has 2 unspecified atom stereocenters. The van der Waals surface area contributed by atoms with Gasteiger partial charge >= 0.3 is 0 Å². The highest BCUT2D eigenvalue weighted by Crippen LogP contribution is 2.43. The van der Waals surface area contributed by atoms with Crippen molar-refractivity contribution >= 4 is 17.3 Å². The number of aliphatic hydroxyl groups excluding tert-OH is 2. The third kappa shape index (κ3) is 3.77. The third-order valence-electron chi connectivity index (χ3n) is 5.90. The highest BCUT2D eigenvalue weighted by Gasteiger charge is 2.71. The first-order valence-electron chi connectivity index (χ1n) is 10.5. The molecule has 0 spiro atoms. The van der Waals surface area contributed by atoms with Crippen LogP contribution in [0.5, 0.6) is 0 Å². The van der Waals surface area contributed by atoms with E-state index in [1.807, 2.05) is 0 Å². The predicted octanol–water partition coefficient (Wildman–Crippen LogP) is 1.18. The molecule has 34 heavy (non-hydrogen) atoms. The van der Waals surface area contributed by atoms with Gasteiger partial charge in [-0.15, -0.1) is 0 Å². The highest BCUT2D eigenvalue weighted by molar-refractivity contribution is 6.08. The molecule has 4 N–H and O–H groups in total. The van der Waals surface area contributed by atoms with Crippen molar-refractivity contribution in [1.29, 1.82) is 0 Å². The van der Waals surface area contributed by atoms with Crippen LogP contribution in [-0.4, -0.2) is 67.5 Å². The van der Waals surface area contributed by atoms with Crippen LogP contribution in [0.2, 0.25) is 0 Å². The zero-order chi connectivity index (χ0) is 24.5. The topological polar surface area (TPSA) is 141 Å². The number of carbonyl (C=O) groups excluding carboxylic acids is 3. The fourth-order valence-electron chi connectivity index (χ4n) is 4.07. The summed E-state index contributed by atoms with van der Waals surface area (Å²) in [5.74, 6) is -6.35. The molecule has 1 saturated heterocycles. The van der Waals surface area contributed by atoms with Gasteiger partial charge in [0.15, 0.2) is 23.3 Å². The number of rotatable bonds is 7. The average molecular weight is 462 g/mol. The second-order valence-electron chi connectivity index (χ2n) is 8.03. The van der Waals surface area contributed by atoms with E-state index in [1.54, 1.807) is 30.3 Å². The van der Waals surface area contributed by atoms with E-state index in [0.29, 0.717) is 0 Å². The maximum Gasteiger partial charge on any atom is 0.262 e. The van der Waals surface area contributed by atoms with Crippen molar-refractivity contribution in [1.82, 2.24) is 0 Å². The summed E-state index contributed by atoms with van der Waals surface area (Å²) in [5, 5.41) is 44.5. The lowest BCUT2D eigenvalue weighted by Crippen LogP contribution is -2.61. The molecule has 174 valence electrons. The lowest BCUT2D eigenvalue weighted by molar-refractivity contribution is -0.198. The van der Waals surface area contributed by atoms with Crippen molar-refractivity contribution in [3.63, 3.8) is 0 Å². The van der Waals surface area contributed by atoms with Gasteiger partial charge in [-0.05, 0) is 0 Å². The molecule has 5 atom stereocenters. The number of aliphatic hydroxyl groups is 4. The average Bonchev–Trinajstić information content (AvgIpc) is 3.11. The van der Waals surface area contributed by atoms with Crippen molar-refractivity contribution in [3.05, 3.63) is 108 Å². The first-order valence-corrected chi connectivity index (χ1v) is 10.5. The minimum atomic E-state index is -3.12. The van der Waals surface area contributed by atoms with Crippen LogP contribution in [0, 0.1) is 0 Å². The van der Waals surface area contributed by atoms with Gasteiger partial charge in [-0.1, -0.05) is 91.0 Å². The summed E-state index contributed by atoms with van der Waals surface area (Å²) in [4.78, 5) is 39.4. The molecule has 1 heterocycles. The van der Waals surface area contributed by atoms with Crippen LogP contribution in [0.25, 0.3) is 0 Å². The van der Waals surface area contributed by atoms with Gasteiger partial charge in [-0.25, -0.2) is 0 Å². The minimum absolute atomic E-state index is 0.0347. The summed E-state index contributed by atoms with van der Waals surface area (Å²) < 4.78 is 5.35. The van der Waals surface area contributed by atoms with E-state index in [-0.39, 0.29) is 16.7 Å². The van der Waals surface area contributed by atoms with Crippen molar-refractivity contribution in [2.45, 2.75) is 29.7 Å². The Bertz CT molecular complexity index is 1200. The number of hydrogen-bond acceptors (Lipinski definition) is 8. The van der Waals surface area contributed by atoms with Crippen molar-refractivity contribution in [2.24, 2.45) is 0 Å². The fraction of sp³-hybridized carbons (Fsp3) is 0.192. The fourth-order valence-corrected chi connectivity index (χ4v) is 4.07. The van der Waals surface area contributed by atoms with Crippen molar-refractivity contribution in [3.8, 4) is 0 Å². The Morgan fingerprint density at radius 2 is 1.12 bits per heavy atom. The molecule has 0 amide bonds. The molecular weight excluding hydrogens is 440 g/mol. The number of Topliss-reactive ketones (excluding diaryl/α,β-unsaturated/α-hetero) is 3. The van der Waals surface area contributed by atoms with Gasteiger partial charge in [-0.3, -0.25) is 14.4 Å². The van der Waals surface area contributed by atoms with E-state index in [9.17, 15) is 34.8 Å². The molecule has 0 radical (unpaired) electrons. The van der Waals surface area contributed by atoms with Gasteiger partial charge in [-0.2, -0.15) is 0 Å². The molecule has 1 aliphatic heterocycles. The van der Waals surface area contributed by atoms with Gasteiger partial charge in [0.2, 0.25) is 5.78 Å². The Kier molecular flexibility index (Phi) is 6.26. The second kappa shape index (κ2) is 9.02. The van der Waals surface area contributed by atoms with E-state index in [4.69, 9.17) is 4.74 Å². The number of ether oxygens (including phenoxy) is 1. The van der Waals surface area contributed by atoms with Crippen LogP contribution in [-0.2, 0) is 4.74 Å². The quantitative estimate of drug-likeness (QED) is 0.384. The summed E-state index contributed by atoms with van der Waals surface area (Å²) in [7, 11) is 0. The highest BCUT2D eigenvalue weighted by atomic mass is 16.7. The van der Waals surface area contributed by atoms with E-state index in [1.165, 1.54) is 60.7 Å². The predicted molar refractivity (Wildman–Crippen MR) is 119 cm³/mol. The maximum atomic E-state index is 13.4. The van der Waals surface area contributed by atoms with E-state index in [0.717, 1.165) is 0 Å². The van der Waals surface area contributed by atoms with E-state index in [2.05, 4.69) is 0 Å². The Hall–Kier alpha value is -3.53. The standard InChI is InChI=1S/C26H22O8/c27-19(16-10-4-1-5-11-16)20(28)23-25(32,21(29)17-12-6-2-7-13-17)24(31)26(33,34-23)22(30)18-14-8-3-9-15-18/h1-15,20,23-24,28,31-33H/t20?,23-,24-,25-,26?/m0/s1.